The molecule has 2 aromatic rings. The van der Waals surface area contributed by atoms with E-state index in [-0.39, 0.29) is 23.2 Å². The molecule has 0 unspecified atom stereocenters. The summed E-state index contributed by atoms with van der Waals surface area (Å²) >= 11 is 0. The Morgan fingerprint density at radius 1 is 1.15 bits per heavy atom. The van der Waals surface area contributed by atoms with E-state index in [2.05, 4.69) is 10.1 Å². The number of rotatable bonds is 8. The quantitative estimate of drug-likeness (QED) is 0.724. The van der Waals surface area contributed by atoms with Crippen molar-refractivity contribution in [1.29, 1.82) is 0 Å². The highest BCUT2D eigenvalue weighted by Crippen LogP contribution is 2.29. The molecular formula is C19H18F3NO3. The van der Waals surface area contributed by atoms with Crippen LogP contribution in [0.2, 0.25) is 0 Å². The van der Waals surface area contributed by atoms with Gasteiger partial charge in [-0.05, 0) is 47.9 Å². The van der Waals surface area contributed by atoms with Gasteiger partial charge in [-0.15, -0.1) is 0 Å². The van der Waals surface area contributed by atoms with Gasteiger partial charge in [0.05, 0.1) is 7.11 Å². The molecule has 138 valence electrons. The van der Waals surface area contributed by atoms with Crippen molar-refractivity contribution in [2.45, 2.75) is 13.0 Å². The zero-order valence-corrected chi connectivity index (χ0v) is 14.0. The number of nitrogens with one attached hydrogen (secondary N) is 1. The molecule has 0 bridgehead atoms. The largest absolute Gasteiger partial charge is 0.493 e. The third-order valence-electron chi connectivity index (χ3n) is 3.46. The van der Waals surface area contributed by atoms with Gasteiger partial charge in [0.25, 0.3) is 0 Å². The molecule has 0 aromatic heterocycles. The number of benzene rings is 2. The van der Waals surface area contributed by atoms with Crippen LogP contribution in [0.25, 0.3) is 6.08 Å². The highest BCUT2D eigenvalue weighted by atomic mass is 19.3. The molecular weight excluding hydrogens is 347 g/mol. The molecule has 0 saturated carbocycles. The summed E-state index contributed by atoms with van der Waals surface area (Å²) < 4.78 is 46.7. The van der Waals surface area contributed by atoms with E-state index in [9.17, 15) is 18.0 Å². The summed E-state index contributed by atoms with van der Waals surface area (Å²) in [5.74, 6) is -0.548. The summed E-state index contributed by atoms with van der Waals surface area (Å²) in [6.45, 7) is -2.54. The second kappa shape index (κ2) is 9.50. The van der Waals surface area contributed by atoms with E-state index in [1.165, 1.54) is 49.6 Å². The van der Waals surface area contributed by atoms with Crippen LogP contribution in [0.15, 0.2) is 48.5 Å². The zero-order valence-electron chi connectivity index (χ0n) is 14.0. The lowest BCUT2D eigenvalue weighted by Crippen LogP contribution is -2.23. The summed E-state index contributed by atoms with van der Waals surface area (Å²) in [4.78, 5) is 11.8. The van der Waals surface area contributed by atoms with E-state index in [1.54, 1.807) is 12.1 Å². The fraction of sp³-hybridized carbons (Fsp3) is 0.211. The molecule has 26 heavy (non-hydrogen) atoms. The van der Waals surface area contributed by atoms with Crippen molar-refractivity contribution in [2.75, 3.05) is 13.7 Å². The highest BCUT2D eigenvalue weighted by molar-refractivity contribution is 5.91. The summed E-state index contributed by atoms with van der Waals surface area (Å²) in [7, 11) is 1.34. The highest BCUT2D eigenvalue weighted by Gasteiger charge is 2.10. The Morgan fingerprint density at radius 3 is 2.54 bits per heavy atom. The van der Waals surface area contributed by atoms with Gasteiger partial charge in [0.1, 0.15) is 5.82 Å². The third kappa shape index (κ3) is 6.16. The van der Waals surface area contributed by atoms with Gasteiger partial charge in [-0.2, -0.15) is 8.78 Å². The van der Waals surface area contributed by atoms with Gasteiger partial charge in [0.2, 0.25) is 5.91 Å². The van der Waals surface area contributed by atoms with Gasteiger partial charge < -0.3 is 14.8 Å². The second-order valence-corrected chi connectivity index (χ2v) is 5.29. The first-order valence-corrected chi connectivity index (χ1v) is 7.81. The van der Waals surface area contributed by atoms with E-state index in [1.807, 2.05) is 0 Å². The van der Waals surface area contributed by atoms with Crippen LogP contribution in [-0.2, 0) is 11.2 Å². The van der Waals surface area contributed by atoms with Crippen molar-refractivity contribution in [3.8, 4) is 11.5 Å². The number of methoxy groups -OCH3 is 1. The molecule has 1 amide bonds. The van der Waals surface area contributed by atoms with Crippen molar-refractivity contribution in [3.05, 3.63) is 65.5 Å². The summed E-state index contributed by atoms with van der Waals surface area (Å²) in [6, 6.07) is 10.4. The average Bonchev–Trinajstić information content (AvgIpc) is 2.62. The first-order chi connectivity index (χ1) is 12.5. The number of carbonyl (C=O) groups excluding carboxylic acids is 1. The predicted molar refractivity (Wildman–Crippen MR) is 91.8 cm³/mol. The van der Waals surface area contributed by atoms with Crippen LogP contribution in [-0.4, -0.2) is 26.2 Å². The SMILES string of the molecule is COc1cc(/C=C/C(=O)NCCc2ccc(F)cc2)ccc1OC(F)F. The number of ether oxygens (including phenoxy) is 2. The zero-order chi connectivity index (χ0) is 18.9. The molecule has 7 heteroatoms. The van der Waals surface area contributed by atoms with Crippen molar-refractivity contribution in [3.63, 3.8) is 0 Å². The van der Waals surface area contributed by atoms with Crippen LogP contribution in [0.4, 0.5) is 13.2 Å². The van der Waals surface area contributed by atoms with Crippen molar-refractivity contribution >= 4 is 12.0 Å². The molecule has 0 heterocycles. The lowest BCUT2D eigenvalue weighted by molar-refractivity contribution is -0.116. The van der Waals surface area contributed by atoms with Crippen LogP contribution >= 0.6 is 0 Å². The first kappa shape index (κ1) is 19.4. The predicted octanol–water partition coefficient (Wildman–Crippen LogP) is 3.81. The Balaban J connectivity index is 1.87. The van der Waals surface area contributed by atoms with Crippen LogP contribution in [0.1, 0.15) is 11.1 Å². The number of hydrogen-bond acceptors (Lipinski definition) is 3. The fourth-order valence-electron chi connectivity index (χ4n) is 2.19. The van der Waals surface area contributed by atoms with E-state index < -0.39 is 6.61 Å². The van der Waals surface area contributed by atoms with Gasteiger partial charge >= 0.3 is 6.61 Å². The molecule has 0 aliphatic carbocycles. The maximum Gasteiger partial charge on any atom is 0.387 e. The molecule has 0 aliphatic heterocycles. The Kier molecular flexibility index (Phi) is 7.08. The molecule has 0 radical (unpaired) electrons. The van der Waals surface area contributed by atoms with Gasteiger partial charge in [-0.25, -0.2) is 4.39 Å². The van der Waals surface area contributed by atoms with Crippen LogP contribution in [0.3, 0.4) is 0 Å². The molecule has 2 aromatic carbocycles. The van der Waals surface area contributed by atoms with Gasteiger partial charge in [0.15, 0.2) is 11.5 Å². The number of halogens is 3. The summed E-state index contributed by atoms with van der Waals surface area (Å²) in [5.41, 5.74) is 1.51. The standard InChI is InChI=1S/C19H18F3NO3/c1-25-17-12-14(4-8-16(17)26-19(21)22)5-9-18(24)23-11-10-13-2-6-15(20)7-3-13/h2-9,12,19H,10-11H2,1H3,(H,23,24)/b9-5+. The minimum Gasteiger partial charge on any atom is -0.493 e. The lowest BCUT2D eigenvalue weighted by atomic mass is 10.1. The molecule has 0 saturated heterocycles. The number of amides is 1. The maximum absolute atomic E-state index is 12.8. The Morgan fingerprint density at radius 2 is 1.88 bits per heavy atom. The monoisotopic (exact) mass is 365 g/mol. The Hall–Kier alpha value is -2.96. The van der Waals surface area contributed by atoms with Crippen molar-refractivity contribution in [1.82, 2.24) is 5.32 Å². The topological polar surface area (TPSA) is 47.6 Å². The lowest BCUT2D eigenvalue weighted by Gasteiger charge is -2.10. The third-order valence-corrected chi connectivity index (χ3v) is 3.46. The summed E-state index contributed by atoms with van der Waals surface area (Å²) in [5, 5.41) is 2.71. The number of hydrogen-bond donors (Lipinski definition) is 1. The fourth-order valence-corrected chi connectivity index (χ4v) is 2.19. The van der Waals surface area contributed by atoms with Gasteiger partial charge in [-0.3, -0.25) is 4.79 Å². The minimum atomic E-state index is -2.95. The minimum absolute atomic E-state index is 0.0802. The molecule has 4 nitrogen and oxygen atoms in total. The van der Waals surface area contributed by atoms with E-state index in [0.717, 1.165) is 5.56 Å². The van der Waals surface area contributed by atoms with Crippen LogP contribution < -0.4 is 14.8 Å². The maximum atomic E-state index is 12.8. The van der Waals surface area contributed by atoms with Crippen molar-refractivity contribution < 1.29 is 27.4 Å². The van der Waals surface area contributed by atoms with Gasteiger partial charge in [0, 0.05) is 12.6 Å². The molecule has 0 spiro atoms. The summed E-state index contributed by atoms with van der Waals surface area (Å²) in [6.07, 6.45) is 3.43. The molecule has 2 rings (SSSR count). The van der Waals surface area contributed by atoms with E-state index in [0.29, 0.717) is 18.5 Å². The number of carbonyl (C=O) groups is 1. The van der Waals surface area contributed by atoms with E-state index >= 15 is 0 Å². The van der Waals surface area contributed by atoms with Gasteiger partial charge in [-0.1, -0.05) is 18.2 Å². The second-order valence-electron chi connectivity index (χ2n) is 5.29. The molecule has 1 N–H and O–H groups in total. The van der Waals surface area contributed by atoms with Crippen LogP contribution in [0.5, 0.6) is 11.5 Å². The smallest absolute Gasteiger partial charge is 0.387 e. The molecule has 0 fully saturated rings. The normalized spacial score (nSPS) is 11.0. The molecule has 0 aliphatic rings. The number of alkyl halides is 2. The Bertz CT molecular complexity index is 761. The van der Waals surface area contributed by atoms with Crippen molar-refractivity contribution in [2.24, 2.45) is 0 Å². The molecule has 0 atom stereocenters. The Labute approximate surface area is 149 Å². The van der Waals surface area contributed by atoms with E-state index in [4.69, 9.17) is 4.74 Å². The average molecular weight is 365 g/mol. The van der Waals surface area contributed by atoms with Crippen LogP contribution in [0, 0.1) is 5.82 Å². The first-order valence-electron chi connectivity index (χ1n) is 7.81.